The van der Waals surface area contributed by atoms with E-state index in [1.165, 1.54) is 0 Å². The van der Waals surface area contributed by atoms with Gasteiger partial charge >= 0.3 is 5.63 Å². The molecule has 7 heteroatoms. The van der Waals surface area contributed by atoms with Crippen LogP contribution in [0, 0.1) is 26.7 Å². The molecule has 0 unspecified atom stereocenters. The van der Waals surface area contributed by atoms with Gasteiger partial charge in [-0.2, -0.15) is 0 Å². The number of benzene rings is 2. The van der Waals surface area contributed by atoms with Gasteiger partial charge in [-0.15, -0.1) is 0 Å². The molecular weight excluding hydrogens is 478 g/mol. The number of aryl methyl sites for hydroxylation is 2. The van der Waals surface area contributed by atoms with Crippen LogP contribution in [0.5, 0.6) is 5.75 Å². The van der Waals surface area contributed by atoms with Gasteiger partial charge in [-0.05, 0) is 75.4 Å². The zero-order valence-corrected chi connectivity index (χ0v) is 21.7. The lowest BCUT2D eigenvalue weighted by molar-refractivity contribution is -0.157. The third-order valence-corrected chi connectivity index (χ3v) is 8.53. The molecule has 2 aromatic carbocycles. The van der Waals surface area contributed by atoms with Crippen molar-refractivity contribution in [2.75, 3.05) is 13.2 Å². The number of likely N-dealkylation sites (tertiary alicyclic amines) is 1. The largest absolute Gasteiger partial charge is 0.483 e. The molecule has 1 aliphatic carbocycles. The lowest BCUT2D eigenvalue weighted by Gasteiger charge is -2.52. The summed E-state index contributed by atoms with van der Waals surface area (Å²) in [5, 5.41) is 13.0. The second kappa shape index (κ2) is 9.56. The van der Waals surface area contributed by atoms with E-state index >= 15 is 0 Å². The van der Waals surface area contributed by atoms with E-state index in [1.54, 1.807) is 6.92 Å². The summed E-state index contributed by atoms with van der Waals surface area (Å²) in [4.78, 5) is 27.6. The van der Waals surface area contributed by atoms with E-state index in [4.69, 9.17) is 20.8 Å². The van der Waals surface area contributed by atoms with Gasteiger partial charge in [0.2, 0.25) is 0 Å². The van der Waals surface area contributed by atoms with Gasteiger partial charge in [0, 0.05) is 34.0 Å². The average Bonchev–Trinajstić information content (AvgIpc) is 2.87. The summed E-state index contributed by atoms with van der Waals surface area (Å²) < 4.78 is 11.6. The molecule has 2 fully saturated rings. The van der Waals surface area contributed by atoms with Crippen LogP contribution in [0.2, 0.25) is 5.02 Å². The minimum absolute atomic E-state index is 0.0342. The first-order valence-corrected chi connectivity index (χ1v) is 13.0. The molecule has 190 valence electrons. The number of piperidine rings is 1. The molecule has 0 bridgehead atoms. The predicted molar refractivity (Wildman–Crippen MR) is 140 cm³/mol. The maximum atomic E-state index is 13.5. The number of hydrogen-bond donors (Lipinski definition) is 1. The quantitative estimate of drug-likeness (QED) is 0.460. The van der Waals surface area contributed by atoms with Crippen LogP contribution in [0.3, 0.4) is 0 Å². The van der Waals surface area contributed by atoms with Crippen LogP contribution in [0.15, 0.2) is 45.6 Å². The van der Waals surface area contributed by atoms with Crippen LogP contribution < -0.4 is 10.4 Å². The molecule has 1 aliphatic heterocycles. The van der Waals surface area contributed by atoms with E-state index in [0.717, 1.165) is 42.2 Å². The minimum atomic E-state index is -0.761. The Balaban J connectivity index is 1.42. The highest BCUT2D eigenvalue weighted by atomic mass is 35.5. The third-order valence-electron chi connectivity index (χ3n) is 8.27. The van der Waals surface area contributed by atoms with Gasteiger partial charge in [0.05, 0.1) is 11.6 Å². The van der Waals surface area contributed by atoms with Gasteiger partial charge in [-0.25, -0.2) is 4.79 Å². The highest BCUT2D eigenvalue weighted by Gasteiger charge is 2.50. The number of fused-ring (bicyclic) bond motifs is 2. The molecule has 3 atom stereocenters. The second-order valence-electron chi connectivity index (χ2n) is 10.3. The summed E-state index contributed by atoms with van der Waals surface area (Å²) in [5.74, 6) is 0.341. The summed E-state index contributed by atoms with van der Waals surface area (Å²) in [6.45, 7) is 5.81. The van der Waals surface area contributed by atoms with Gasteiger partial charge in [0.15, 0.2) is 6.61 Å². The topological polar surface area (TPSA) is 80.0 Å². The van der Waals surface area contributed by atoms with Crippen LogP contribution in [0.4, 0.5) is 0 Å². The van der Waals surface area contributed by atoms with Crippen LogP contribution in [-0.4, -0.2) is 34.7 Å². The summed E-state index contributed by atoms with van der Waals surface area (Å²) in [5.41, 5.74) is 2.50. The number of rotatable bonds is 4. The maximum Gasteiger partial charge on any atom is 0.339 e. The number of nitrogens with zero attached hydrogens (tertiary/aromatic N) is 1. The van der Waals surface area contributed by atoms with Crippen LogP contribution in [-0.2, 0) is 4.79 Å². The SMILES string of the molecule is Cc1c(C)c2ccc(OCC(=O)N3CC[C@]4(O)CCCC[C@@H]4[C@@H]3c3ccc(Cl)cc3)c(C)c2oc1=O. The fourth-order valence-electron chi connectivity index (χ4n) is 6.04. The van der Waals surface area contributed by atoms with Crippen LogP contribution in [0.1, 0.15) is 60.4 Å². The zero-order chi connectivity index (χ0) is 25.6. The van der Waals surface area contributed by atoms with Crippen molar-refractivity contribution in [1.29, 1.82) is 0 Å². The normalized spacial score (nSPS) is 24.0. The van der Waals surface area contributed by atoms with Crippen molar-refractivity contribution in [1.82, 2.24) is 4.90 Å². The molecule has 0 spiro atoms. The van der Waals surface area contributed by atoms with Gasteiger partial charge in [0.1, 0.15) is 11.3 Å². The molecule has 1 saturated carbocycles. The number of amides is 1. The van der Waals surface area contributed by atoms with Gasteiger partial charge in [-0.3, -0.25) is 4.79 Å². The molecule has 5 rings (SSSR count). The molecule has 36 heavy (non-hydrogen) atoms. The summed E-state index contributed by atoms with van der Waals surface area (Å²) in [6, 6.07) is 11.0. The van der Waals surface area contributed by atoms with Crippen LogP contribution in [0.25, 0.3) is 11.0 Å². The van der Waals surface area contributed by atoms with Gasteiger partial charge < -0.3 is 19.2 Å². The Kier molecular flexibility index (Phi) is 6.60. The third kappa shape index (κ3) is 4.31. The Morgan fingerprint density at radius 2 is 1.83 bits per heavy atom. The predicted octanol–water partition coefficient (Wildman–Crippen LogP) is 5.65. The molecule has 0 radical (unpaired) electrons. The number of hydrogen-bond acceptors (Lipinski definition) is 5. The number of ether oxygens (including phenoxy) is 1. The minimum Gasteiger partial charge on any atom is -0.483 e. The number of carbonyl (C=O) groups excluding carboxylic acids is 1. The molecular formula is C29H32ClNO5. The van der Waals surface area contributed by atoms with Crippen molar-refractivity contribution in [3.05, 3.63) is 74.1 Å². The number of halogens is 1. The lowest BCUT2D eigenvalue weighted by atomic mass is 9.66. The van der Waals surface area contributed by atoms with Crippen molar-refractivity contribution in [2.45, 2.75) is 64.5 Å². The van der Waals surface area contributed by atoms with E-state index in [1.807, 2.05) is 55.1 Å². The van der Waals surface area contributed by atoms with Crippen molar-refractivity contribution in [2.24, 2.45) is 5.92 Å². The molecule has 1 saturated heterocycles. The van der Waals surface area contributed by atoms with E-state index < -0.39 is 5.60 Å². The van der Waals surface area contributed by atoms with Gasteiger partial charge in [0.25, 0.3) is 5.91 Å². The summed E-state index contributed by atoms with van der Waals surface area (Å²) in [6.07, 6.45) is 4.24. The Bertz CT molecular complexity index is 1360. The van der Waals surface area contributed by atoms with E-state index in [9.17, 15) is 14.7 Å². The Morgan fingerprint density at radius 1 is 1.08 bits per heavy atom. The monoisotopic (exact) mass is 509 g/mol. The molecule has 6 nitrogen and oxygen atoms in total. The molecule has 2 aliphatic rings. The highest BCUT2D eigenvalue weighted by Crippen LogP contribution is 2.49. The van der Waals surface area contributed by atoms with E-state index in [2.05, 4.69) is 0 Å². The Hall–Kier alpha value is -2.83. The molecule has 1 aromatic heterocycles. The Morgan fingerprint density at radius 3 is 2.58 bits per heavy atom. The zero-order valence-electron chi connectivity index (χ0n) is 21.0. The number of carbonyl (C=O) groups is 1. The fraction of sp³-hybridized carbons (Fsp3) is 0.448. The van der Waals surface area contributed by atoms with E-state index in [0.29, 0.717) is 40.4 Å². The second-order valence-corrected chi connectivity index (χ2v) is 10.7. The van der Waals surface area contributed by atoms with Crippen molar-refractivity contribution < 1.29 is 19.1 Å². The number of aliphatic hydroxyl groups is 1. The fourth-order valence-corrected chi connectivity index (χ4v) is 6.16. The van der Waals surface area contributed by atoms with E-state index in [-0.39, 0.29) is 30.1 Å². The summed E-state index contributed by atoms with van der Waals surface area (Å²) >= 11 is 6.14. The molecule has 3 aromatic rings. The highest BCUT2D eigenvalue weighted by molar-refractivity contribution is 6.30. The molecule has 2 heterocycles. The van der Waals surface area contributed by atoms with Gasteiger partial charge in [-0.1, -0.05) is 36.6 Å². The van der Waals surface area contributed by atoms with Crippen LogP contribution >= 0.6 is 11.6 Å². The average molecular weight is 510 g/mol. The first kappa shape index (κ1) is 24.8. The standard InChI is InChI=1S/C29H32ClNO5/c1-17-18(2)28(33)36-27-19(3)24(12-11-22(17)27)35-16-25(32)31-15-14-29(34)13-5-4-6-23(29)26(31)20-7-9-21(30)10-8-20/h7-12,23,26,34H,4-6,13-16H2,1-3H3/t23-,26+,29-/m1/s1. The molecule has 1 amide bonds. The first-order valence-electron chi connectivity index (χ1n) is 12.6. The first-order chi connectivity index (χ1) is 17.2. The van der Waals surface area contributed by atoms with Crippen molar-refractivity contribution in [3.8, 4) is 5.75 Å². The lowest BCUT2D eigenvalue weighted by Crippen LogP contribution is -2.56. The smallest absolute Gasteiger partial charge is 0.339 e. The Labute approximate surface area is 215 Å². The maximum absolute atomic E-state index is 13.5. The van der Waals surface area contributed by atoms with Crippen molar-refractivity contribution >= 4 is 28.5 Å². The molecule has 1 N–H and O–H groups in total. The van der Waals surface area contributed by atoms with Crippen molar-refractivity contribution in [3.63, 3.8) is 0 Å². The summed E-state index contributed by atoms with van der Waals surface area (Å²) in [7, 11) is 0.